The molecule has 0 spiro atoms. The second-order valence-corrected chi connectivity index (χ2v) is 2.72. The molecule has 0 aromatic heterocycles. The average Bonchev–Trinajstić information content (AvgIpc) is 2.24. The Labute approximate surface area is 84.1 Å². The molecule has 1 aliphatic rings. The van der Waals surface area contributed by atoms with Crippen LogP contribution in [0.15, 0.2) is 25.3 Å². The predicted molar refractivity (Wildman–Crippen MR) is 51.8 cm³/mol. The van der Waals surface area contributed by atoms with E-state index in [1.807, 2.05) is 0 Å². The molecule has 14 heavy (non-hydrogen) atoms. The number of rotatable bonds is 6. The molecule has 0 saturated carbocycles. The number of ether oxygens (including phenoxy) is 4. The summed E-state index contributed by atoms with van der Waals surface area (Å²) in [4.78, 5) is 0. The van der Waals surface area contributed by atoms with Gasteiger partial charge in [0.1, 0.15) is 0 Å². The summed E-state index contributed by atoms with van der Waals surface area (Å²) in [5.41, 5.74) is 0. The molecule has 0 amide bonds. The quantitative estimate of drug-likeness (QED) is 0.601. The highest BCUT2D eigenvalue weighted by Crippen LogP contribution is 2.12. The summed E-state index contributed by atoms with van der Waals surface area (Å²) in [5.74, 6) is 0. The highest BCUT2D eigenvalue weighted by molar-refractivity contribution is 4.69. The lowest BCUT2D eigenvalue weighted by atomic mass is 10.5. The van der Waals surface area contributed by atoms with Crippen molar-refractivity contribution in [3.05, 3.63) is 25.3 Å². The standard InChI is InChI=1S/C10H16O4/c1-3-5-11-9-10(12-6-4-2)14-8-7-13-9/h3-4,9-10H,1-2,5-8H2. The fourth-order valence-electron chi connectivity index (χ4n) is 1.06. The van der Waals surface area contributed by atoms with Crippen LogP contribution in [-0.4, -0.2) is 39.0 Å². The van der Waals surface area contributed by atoms with Crippen LogP contribution in [0.1, 0.15) is 0 Å². The lowest BCUT2D eigenvalue weighted by molar-refractivity contribution is -0.315. The van der Waals surface area contributed by atoms with E-state index in [0.717, 1.165) is 0 Å². The summed E-state index contributed by atoms with van der Waals surface area (Å²) in [7, 11) is 0. The van der Waals surface area contributed by atoms with Crippen LogP contribution < -0.4 is 0 Å². The van der Waals surface area contributed by atoms with Gasteiger partial charge in [-0.25, -0.2) is 0 Å². The Bertz CT molecular complexity index is 161. The zero-order valence-corrected chi connectivity index (χ0v) is 8.19. The third-order valence-corrected chi connectivity index (χ3v) is 1.63. The van der Waals surface area contributed by atoms with Gasteiger partial charge < -0.3 is 18.9 Å². The molecular weight excluding hydrogens is 184 g/mol. The SMILES string of the molecule is C=CCOC1OCCOC1OCC=C. The Hall–Kier alpha value is -0.680. The Morgan fingerprint density at radius 2 is 1.43 bits per heavy atom. The molecule has 4 heteroatoms. The zero-order chi connectivity index (χ0) is 10.2. The summed E-state index contributed by atoms with van der Waals surface area (Å²) in [6, 6.07) is 0. The maximum atomic E-state index is 5.34. The Kier molecular flexibility index (Phi) is 5.47. The van der Waals surface area contributed by atoms with Crippen LogP contribution in [-0.2, 0) is 18.9 Å². The molecule has 0 radical (unpaired) electrons. The Morgan fingerprint density at radius 3 is 1.79 bits per heavy atom. The second-order valence-electron chi connectivity index (χ2n) is 2.72. The first kappa shape index (κ1) is 11.4. The van der Waals surface area contributed by atoms with Gasteiger partial charge in [-0.2, -0.15) is 0 Å². The van der Waals surface area contributed by atoms with Crippen LogP contribution in [0.4, 0.5) is 0 Å². The van der Waals surface area contributed by atoms with Crippen LogP contribution in [0.2, 0.25) is 0 Å². The van der Waals surface area contributed by atoms with Crippen molar-refractivity contribution in [3.63, 3.8) is 0 Å². The largest absolute Gasteiger partial charge is 0.346 e. The van der Waals surface area contributed by atoms with Crippen molar-refractivity contribution in [2.45, 2.75) is 12.6 Å². The summed E-state index contributed by atoms with van der Waals surface area (Å²) in [5, 5.41) is 0. The maximum absolute atomic E-state index is 5.34. The molecule has 4 nitrogen and oxygen atoms in total. The van der Waals surface area contributed by atoms with E-state index in [1.165, 1.54) is 0 Å². The monoisotopic (exact) mass is 200 g/mol. The van der Waals surface area contributed by atoms with Gasteiger partial charge in [0.25, 0.3) is 0 Å². The minimum atomic E-state index is -0.471. The molecule has 1 saturated heterocycles. The van der Waals surface area contributed by atoms with E-state index in [4.69, 9.17) is 18.9 Å². The molecule has 0 aromatic rings. The molecule has 2 atom stereocenters. The van der Waals surface area contributed by atoms with Crippen molar-refractivity contribution < 1.29 is 18.9 Å². The van der Waals surface area contributed by atoms with Crippen LogP contribution >= 0.6 is 0 Å². The molecule has 0 aliphatic carbocycles. The van der Waals surface area contributed by atoms with Gasteiger partial charge in [0.05, 0.1) is 26.4 Å². The first-order valence-electron chi connectivity index (χ1n) is 4.56. The summed E-state index contributed by atoms with van der Waals surface area (Å²) < 4.78 is 21.3. The molecule has 80 valence electrons. The number of hydrogen-bond acceptors (Lipinski definition) is 4. The van der Waals surface area contributed by atoms with E-state index < -0.39 is 12.6 Å². The summed E-state index contributed by atoms with van der Waals surface area (Å²) in [6.07, 6.45) is 2.37. The van der Waals surface area contributed by atoms with Gasteiger partial charge in [-0.15, -0.1) is 13.2 Å². The van der Waals surface area contributed by atoms with Crippen molar-refractivity contribution in [2.24, 2.45) is 0 Å². The van der Waals surface area contributed by atoms with Crippen molar-refractivity contribution in [3.8, 4) is 0 Å². The topological polar surface area (TPSA) is 36.9 Å². The predicted octanol–water partition coefficient (Wildman–Crippen LogP) is 1.09. The third-order valence-electron chi connectivity index (χ3n) is 1.63. The molecule has 1 aliphatic heterocycles. The zero-order valence-electron chi connectivity index (χ0n) is 8.19. The maximum Gasteiger partial charge on any atom is 0.209 e. The fourth-order valence-corrected chi connectivity index (χ4v) is 1.06. The van der Waals surface area contributed by atoms with Gasteiger partial charge in [-0.05, 0) is 0 Å². The van der Waals surface area contributed by atoms with Gasteiger partial charge >= 0.3 is 0 Å². The molecule has 1 heterocycles. The van der Waals surface area contributed by atoms with Crippen LogP contribution in [0.25, 0.3) is 0 Å². The normalized spacial score (nSPS) is 27.1. The number of hydrogen-bond donors (Lipinski definition) is 0. The van der Waals surface area contributed by atoms with Crippen LogP contribution in [0.5, 0.6) is 0 Å². The Morgan fingerprint density at radius 1 is 1.00 bits per heavy atom. The minimum Gasteiger partial charge on any atom is -0.346 e. The van der Waals surface area contributed by atoms with Crippen LogP contribution in [0, 0.1) is 0 Å². The highest BCUT2D eigenvalue weighted by Gasteiger charge is 2.27. The third kappa shape index (κ3) is 3.59. The van der Waals surface area contributed by atoms with Crippen molar-refractivity contribution >= 4 is 0 Å². The van der Waals surface area contributed by atoms with E-state index in [-0.39, 0.29) is 0 Å². The van der Waals surface area contributed by atoms with Gasteiger partial charge in [0.2, 0.25) is 12.6 Å². The van der Waals surface area contributed by atoms with E-state index >= 15 is 0 Å². The minimum absolute atomic E-state index is 0.419. The molecule has 0 bridgehead atoms. The lowest BCUT2D eigenvalue weighted by Crippen LogP contribution is -2.42. The molecule has 1 fully saturated rings. The average molecular weight is 200 g/mol. The Balaban J connectivity index is 2.33. The fraction of sp³-hybridized carbons (Fsp3) is 0.600. The smallest absolute Gasteiger partial charge is 0.209 e. The van der Waals surface area contributed by atoms with Gasteiger partial charge in [-0.3, -0.25) is 0 Å². The molecular formula is C10H16O4. The lowest BCUT2D eigenvalue weighted by Gasteiger charge is -2.30. The van der Waals surface area contributed by atoms with E-state index in [0.29, 0.717) is 26.4 Å². The summed E-state index contributed by atoms with van der Waals surface area (Å²) >= 11 is 0. The van der Waals surface area contributed by atoms with Gasteiger partial charge in [0.15, 0.2) is 0 Å². The van der Waals surface area contributed by atoms with Crippen molar-refractivity contribution in [1.82, 2.24) is 0 Å². The first-order chi connectivity index (χ1) is 6.88. The highest BCUT2D eigenvalue weighted by atomic mass is 16.8. The summed E-state index contributed by atoms with van der Waals surface area (Å²) in [6.45, 7) is 8.99. The van der Waals surface area contributed by atoms with Gasteiger partial charge in [-0.1, -0.05) is 12.2 Å². The first-order valence-corrected chi connectivity index (χ1v) is 4.56. The molecule has 0 N–H and O–H groups in total. The second kappa shape index (κ2) is 6.73. The molecule has 1 rings (SSSR count). The van der Waals surface area contributed by atoms with E-state index in [2.05, 4.69) is 13.2 Å². The molecule has 0 aromatic carbocycles. The van der Waals surface area contributed by atoms with Crippen molar-refractivity contribution in [2.75, 3.05) is 26.4 Å². The van der Waals surface area contributed by atoms with E-state index in [9.17, 15) is 0 Å². The van der Waals surface area contributed by atoms with E-state index in [1.54, 1.807) is 12.2 Å². The molecule has 2 unspecified atom stereocenters. The van der Waals surface area contributed by atoms with Gasteiger partial charge in [0, 0.05) is 0 Å². The van der Waals surface area contributed by atoms with Crippen LogP contribution in [0.3, 0.4) is 0 Å². The van der Waals surface area contributed by atoms with Crippen molar-refractivity contribution in [1.29, 1.82) is 0 Å².